The quantitative estimate of drug-likeness (QED) is 0.898. The Morgan fingerprint density at radius 3 is 3.11 bits per heavy atom. The summed E-state index contributed by atoms with van der Waals surface area (Å²) >= 11 is 0. The number of fused-ring (bicyclic) bond motifs is 1. The lowest BCUT2D eigenvalue weighted by molar-refractivity contribution is 0.173. The van der Waals surface area contributed by atoms with Gasteiger partial charge in [-0.1, -0.05) is 12.1 Å². The van der Waals surface area contributed by atoms with Crippen molar-refractivity contribution in [3.8, 4) is 11.5 Å². The summed E-state index contributed by atoms with van der Waals surface area (Å²) in [6.07, 6.45) is 3.65. The van der Waals surface area contributed by atoms with Crippen molar-refractivity contribution >= 4 is 5.69 Å². The first-order valence-electron chi connectivity index (χ1n) is 5.86. The average Bonchev–Trinajstić information content (AvgIpc) is 2.85. The van der Waals surface area contributed by atoms with Gasteiger partial charge in [0.1, 0.15) is 0 Å². The van der Waals surface area contributed by atoms with Gasteiger partial charge >= 0.3 is 0 Å². The van der Waals surface area contributed by atoms with Crippen molar-refractivity contribution in [2.24, 2.45) is 0 Å². The lowest BCUT2D eigenvalue weighted by Crippen LogP contribution is -2.01. The van der Waals surface area contributed by atoms with Gasteiger partial charge in [0, 0.05) is 24.5 Å². The van der Waals surface area contributed by atoms with Crippen LogP contribution in [0.1, 0.15) is 11.1 Å². The van der Waals surface area contributed by atoms with Gasteiger partial charge in [0.25, 0.3) is 0 Å². The van der Waals surface area contributed by atoms with E-state index in [4.69, 9.17) is 9.47 Å². The van der Waals surface area contributed by atoms with Crippen molar-refractivity contribution in [3.63, 3.8) is 0 Å². The van der Waals surface area contributed by atoms with Crippen LogP contribution in [0.15, 0.2) is 36.7 Å². The highest BCUT2D eigenvalue weighted by atomic mass is 16.7. The lowest BCUT2D eigenvalue weighted by Gasteiger charge is -2.08. The second-order valence-electron chi connectivity index (χ2n) is 4.26. The number of nitrogens with one attached hydrogen (secondary N) is 1. The standard InChI is InChI=1S/C14H14N2O2/c1-10-5-12(8-15-6-10)16-7-11-3-2-4-13-14(11)18-9-17-13/h2-6,8,16H,7,9H2,1H3. The van der Waals surface area contributed by atoms with E-state index >= 15 is 0 Å². The number of pyridine rings is 1. The minimum atomic E-state index is 0.304. The Morgan fingerprint density at radius 1 is 1.28 bits per heavy atom. The lowest BCUT2D eigenvalue weighted by atomic mass is 10.2. The molecule has 18 heavy (non-hydrogen) atoms. The minimum Gasteiger partial charge on any atom is -0.454 e. The average molecular weight is 242 g/mol. The van der Waals surface area contributed by atoms with Crippen molar-refractivity contribution in [2.75, 3.05) is 12.1 Å². The number of hydrogen-bond donors (Lipinski definition) is 1. The Labute approximate surface area is 106 Å². The summed E-state index contributed by atoms with van der Waals surface area (Å²) < 4.78 is 10.8. The van der Waals surface area contributed by atoms with E-state index in [-0.39, 0.29) is 0 Å². The third-order valence-electron chi connectivity index (χ3n) is 2.84. The molecule has 0 saturated heterocycles. The van der Waals surface area contributed by atoms with Gasteiger partial charge in [-0.05, 0) is 24.6 Å². The molecule has 1 aromatic heterocycles. The van der Waals surface area contributed by atoms with Crippen LogP contribution in [0, 0.1) is 6.92 Å². The molecule has 1 aliphatic heterocycles. The predicted molar refractivity (Wildman–Crippen MR) is 68.9 cm³/mol. The number of hydrogen-bond acceptors (Lipinski definition) is 4. The maximum absolute atomic E-state index is 5.46. The smallest absolute Gasteiger partial charge is 0.231 e. The highest BCUT2D eigenvalue weighted by Crippen LogP contribution is 2.35. The molecule has 2 aromatic rings. The van der Waals surface area contributed by atoms with Crippen molar-refractivity contribution in [2.45, 2.75) is 13.5 Å². The summed E-state index contributed by atoms with van der Waals surface area (Å²) in [6.45, 7) is 3.02. The number of anilines is 1. The normalized spacial score (nSPS) is 12.5. The maximum atomic E-state index is 5.46. The second-order valence-corrected chi connectivity index (χ2v) is 4.26. The zero-order valence-corrected chi connectivity index (χ0v) is 10.1. The molecule has 0 radical (unpaired) electrons. The molecule has 2 heterocycles. The van der Waals surface area contributed by atoms with Crippen LogP contribution < -0.4 is 14.8 Å². The molecule has 0 spiro atoms. The van der Waals surface area contributed by atoms with Crippen molar-refractivity contribution < 1.29 is 9.47 Å². The topological polar surface area (TPSA) is 43.4 Å². The van der Waals surface area contributed by atoms with Gasteiger partial charge in [-0.15, -0.1) is 0 Å². The van der Waals surface area contributed by atoms with Crippen LogP contribution in [0.25, 0.3) is 0 Å². The van der Waals surface area contributed by atoms with Crippen LogP contribution in [-0.4, -0.2) is 11.8 Å². The van der Waals surface area contributed by atoms with Crippen molar-refractivity contribution in [3.05, 3.63) is 47.8 Å². The summed E-state index contributed by atoms with van der Waals surface area (Å²) in [5.74, 6) is 1.65. The molecule has 0 saturated carbocycles. The number of aryl methyl sites for hydroxylation is 1. The molecule has 0 fully saturated rings. The van der Waals surface area contributed by atoms with Crippen LogP contribution >= 0.6 is 0 Å². The Morgan fingerprint density at radius 2 is 2.22 bits per heavy atom. The molecule has 4 nitrogen and oxygen atoms in total. The fourth-order valence-corrected chi connectivity index (χ4v) is 1.98. The summed E-state index contributed by atoms with van der Waals surface area (Å²) in [5, 5.41) is 3.33. The van der Waals surface area contributed by atoms with Gasteiger partial charge in [-0.3, -0.25) is 4.98 Å². The van der Waals surface area contributed by atoms with Gasteiger partial charge < -0.3 is 14.8 Å². The van der Waals surface area contributed by atoms with Crippen LogP contribution in [0.2, 0.25) is 0 Å². The molecular weight excluding hydrogens is 228 g/mol. The number of para-hydroxylation sites is 1. The Hall–Kier alpha value is -2.23. The molecule has 0 aliphatic carbocycles. The molecule has 0 atom stereocenters. The van der Waals surface area contributed by atoms with Crippen LogP contribution in [0.5, 0.6) is 11.5 Å². The van der Waals surface area contributed by atoms with E-state index in [1.165, 1.54) is 0 Å². The van der Waals surface area contributed by atoms with Gasteiger partial charge in [-0.25, -0.2) is 0 Å². The van der Waals surface area contributed by atoms with Gasteiger partial charge in [0.05, 0.1) is 5.69 Å². The molecule has 1 aliphatic rings. The third kappa shape index (κ3) is 2.09. The first-order chi connectivity index (χ1) is 8.83. The predicted octanol–water partition coefficient (Wildman–Crippen LogP) is 2.73. The third-order valence-corrected chi connectivity index (χ3v) is 2.84. The Kier molecular flexibility index (Phi) is 2.76. The van der Waals surface area contributed by atoms with Crippen LogP contribution in [0.3, 0.4) is 0 Å². The minimum absolute atomic E-state index is 0.304. The fourth-order valence-electron chi connectivity index (χ4n) is 1.98. The summed E-state index contributed by atoms with van der Waals surface area (Å²) in [7, 11) is 0. The fraction of sp³-hybridized carbons (Fsp3) is 0.214. The van der Waals surface area contributed by atoms with Crippen molar-refractivity contribution in [1.82, 2.24) is 4.98 Å². The summed E-state index contributed by atoms with van der Waals surface area (Å²) in [4.78, 5) is 4.15. The molecule has 1 N–H and O–H groups in total. The van der Waals surface area contributed by atoms with Gasteiger partial charge in [0.15, 0.2) is 11.5 Å². The molecule has 1 aromatic carbocycles. The molecule has 3 rings (SSSR count). The van der Waals surface area contributed by atoms with E-state index in [0.29, 0.717) is 13.3 Å². The van der Waals surface area contributed by atoms with E-state index in [9.17, 15) is 0 Å². The Bertz CT molecular complexity index is 569. The summed E-state index contributed by atoms with van der Waals surface area (Å²) in [6, 6.07) is 7.98. The van der Waals surface area contributed by atoms with E-state index in [1.54, 1.807) is 0 Å². The van der Waals surface area contributed by atoms with Gasteiger partial charge in [-0.2, -0.15) is 0 Å². The SMILES string of the molecule is Cc1cncc(NCc2cccc3c2OCO3)c1. The number of nitrogens with zero attached hydrogens (tertiary/aromatic N) is 1. The number of aromatic nitrogens is 1. The van der Waals surface area contributed by atoms with E-state index < -0.39 is 0 Å². The molecule has 0 unspecified atom stereocenters. The monoisotopic (exact) mass is 242 g/mol. The summed E-state index contributed by atoms with van der Waals surface area (Å²) in [5.41, 5.74) is 3.23. The van der Waals surface area contributed by atoms with E-state index in [1.807, 2.05) is 37.5 Å². The highest BCUT2D eigenvalue weighted by molar-refractivity contribution is 5.50. The molecule has 92 valence electrons. The maximum Gasteiger partial charge on any atom is 0.231 e. The number of rotatable bonds is 3. The second kappa shape index (κ2) is 4.56. The van der Waals surface area contributed by atoms with Crippen LogP contribution in [0.4, 0.5) is 5.69 Å². The first-order valence-corrected chi connectivity index (χ1v) is 5.86. The van der Waals surface area contributed by atoms with Crippen LogP contribution in [-0.2, 0) is 6.54 Å². The van der Waals surface area contributed by atoms with Crippen molar-refractivity contribution in [1.29, 1.82) is 0 Å². The zero-order chi connectivity index (χ0) is 12.4. The van der Waals surface area contributed by atoms with E-state index in [2.05, 4.69) is 16.4 Å². The molecular formula is C14H14N2O2. The van der Waals surface area contributed by atoms with E-state index in [0.717, 1.165) is 28.3 Å². The molecule has 4 heteroatoms. The molecule has 0 bridgehead atoms. The highest BCUT2D eigenvalue weighted by Gasteiger charge is 2.16. The molecule has 0 amide bonds. The zero-order valence-electron chi connectivity index (χ0n) is 10.1. The van der Waals surface area contributed by atoms with Gasteiger partial charge in [0.2, 0.25) is 6.79 Å². The largest absolute Gasteiger partial charge is 0.454 e. The first kappa shape index (κ1) is 10.9. The number of benzene rings is 1. The Balaban J connectivity index is 1.76. The number of ether oxygens (including phenoxy) is 2.